The summed E-state index contributed by atoms with van der Waals surface area (Å²) in [4.78, 5) is 8.70. The van der Waals surface area contributed by atoms with E-state index in [9.17, 15) is 8.42 Å². The van der Waals surface area contributed by atoms with Gasteiger partial charge in [-0.05, 0) is 36.2 Å². The smallest absolute Gasteiger partial charge is 0.238 e. The normalized spacial score (nSPS) is 11.4. The maximum Gasteiger partial charge on any atom is 0.238 e. The van der Waals surface area contributed by atoms with E-state index in [-0.39, 0.29) is 4.90 Å². The van der Waals surface area contributed by atoms with Gasteiger partial charge in [-0.2, -0.15) is 0 Å². The zero-order chi connectivity index (χ0) is 19.4. The lowest BCUT2D eigenvalue weighted by molar-refractivity contribution is 0.358. The second kappa shape index (κ2) is 7.77. The number of primary sulfonamides is 1. The van der Waals surface area contributed by atoms with Crippen LogP contribution in [0, 0.1) is 0 Å². The number of fused-ring (bicyclic) bond motifs is 1. The van der Waals surface area contributed by atoms with E-state index in [1.807, 2.05) is 12.1 Å². The molecule has 0 spiro atoms. The Hall–Kier alpha value is -2.91. The third-order valence-electron chi connectivity index (χ3n) is 4.11. The number of nitrogens with two attached hydrogens (primary N) is 1. The van der Waals surface area contributed by atoms with Gasteiger partial charge in [0.05, 0.1) is 19.1 Å². The molecule has 0 aliphatic carbocycles. The molecular formula is C18H20N4O4S. The van der Waals surface area contributed by atoms with Gasteiger partial charge < -0.3 is 14.8 Å². The van der Waals surface area contributed by atoms with Gasteiger partial charge in [0.25, 0.3) is 0 Å². The molecule has 0 bridgehead atoms. The van der Waals surface area contributed by atoms with Gasteiger partial charge in [0.1, 0.15) is 17.7 Å². The second-order valence-corrected chi connectivity index (χ2v) is 7.35. The summed E-state index contributed by atoms with van der Waals surface area (Å²) in [6.45, 7) is 0.606. The number of nitrogens with zero attached hydrogens (tertiary/aromatic N) is 2. The summed E-state index contributed by atoms with van der Waals surface area (Å²) in [5.41, 5.74) is 1.64. The van der Waals surface area contributed by atoms with Crippen molar-refractivity contribution in [3.8, 4) is 11.5 Å². The van der Waals surface area contributed by atoms with Gasteiger partial charge >= 0.3 is 0 Å². The van der Waals surface area contributed by atoms with E-state index in [2.05, 4.69) is 15.3 Å². The van der Waals surface area contributed by atoms with Gasteiger partial charge in [-0.3, -0.25) is 0 Å². The van der Waals surface area contributed by atoms with Crippen molar-refractivity contribution in [2.24, 2.45) is 5.14 Å². The van der Waals surface area contributed by atoms with Gasteiger partial charge in [0.15, 0.2) is 11.5 Å². The van der Waals surface area contributed by atoms with Gasteiger partial charge in [-0.15, -0.1) is 0 Å². The summed E-state index contributed by atoms with van der Waals surface area (Å²) in [5, 5.41) is 9.21. The molecule has 9 heteroatoms. The predicted octanol–water partition coefficient (Wildman–Crippen LogP) is 1.95. The molecule has 1 heterocycles. The SMILES string of the molecule is COc1ccc2c(NCCc3ccc(S(N)(=O)=O)cc3)ncnc2c1OC. The molecule has 0 amide bonds. The van der Waals surface area contributed by atoms with E-state index in [0.29, 0.717) is 35.8 Å². The lowest BCUT2D eigenvalue weighted by atomic mass is 10.1. The first kappa shape index (κ1) is 18.9. The van der Waals surface area contributed by atoms with Crippen LogP contribution in [0.15, 0.2) is 47.6 Å². The number of nitrogens with one attached hydrogen (secondary N) is 1. The van der Waals surface area contributed by atoms with Gasteiger partial charge in [-0.1, -0.05) is 12.1 Å². The first-order valence-electron chi connectivity index (χ1n) is 8.15. The predicted molar refractivity (Wildman–Crippen MR) is 103 cm³/mol. The van der Waals surface area contributed by atoms with Crippen LogP contribution in [0.25, 0.3) is 10.9 Å². The van der Waals surface area contributed by atoms with E-state index in [4.69, 9.17) is 14.6 Å². The third-order valence-corrected chi connectivity index (χ3v) is 5.04. The molecule has 2 aromatic carbocycles. The van der Waals surface area contributed by atoms with Crippen molar-refractivity contribution in [2.45, 2.75) is 11.3 Å². The number of benzene rings is 2. The van der Waals surface area contributed by atoms with Crippen LogP contribution in [0.5, 0.6) is 11.5 Å². The van der Waals surface area contributed by atoms with Crippen molar-refractivity contribution in [2.75, 3.05) is 26.1 Å². The Bertz CT molecular complexity index is 1050. The van der Waals surface area contributed by atoms with Crippen LogP contribution in [0.1, 0.15) is 5.56 Å². The number of methoxy groups -OCH3 is 2. The summed E-state index contributed by atoms with van der Waals surface area (Å²) in [6.07, 6.45) is 2.15. The number of aromatic nitrogens is 2. The van der Waals surface area contributed by atoms with Gasteiger partial charge in [-0.25, -0.2) is 23.5 Å². The fourth-order valence-corrected chi connectivity index (χ4v) is 3.27. The molecule has 0 atom stereocenters. The number of hydrogen-bond acceptors (Lipinski definition) is 7. The minimum Gasteiger partial charge on any atom is -0.493 e. The highest BCUT2D eigenvalue weighted by Gasteiger charge is 2.13. The summed E-state index contributed by atoms with van der Waals surface area (Å²) in [5.74, 6) is 1.84. The zero-order valence-electron chi connectivity index (χ0n) is 15.0. The minimum absolute atomic E-state index is 0.0991. The maximum absolute atomic E-state index is 11.3. The molecule has 27 heavy (non-hydrogen) atoms. The highest BCUT2D eigenvalue weighted by molar-refractivity contribution is 7.89. The number of anilines is 1. The first-order valence-corrected chi connectivity index (χ1v) is 9.70. The molecule has 3 rings (SSSR count). The van der Waals surface area contributed by atoms with Gasteiger partial charge in [0, 0.05) is 11.9 Å². The van der Waals surface area contributed by atoms with Crippen molar-refractivity contribution in [3.05, 3.63) is 48.3 Å². The fraction of sp³-hybridized carbons (Fsp3) is 0.222. The second-order valence-electron chi connectivity index (χ2n) is 5.79. The Morgan fingerprint density at radius 3 is 2.41 bits per heavy atom. The molecule has 0 aliphatic rings. The van der Waals surface area contributed by atoms with Crippen LogP contribution in [0.3, 0.4) is 0 Å². The molecule has 0 aliphatic heterocycles. The van der Waals surface area contributed by atoms with E-state index >= 15 is 0 Å². The number of hydrogen-bond donors (Lipinski definition) is 2. The number of rotatable bonds is 7. The fourth-order valence-electron chi connectivity index (χ4n) is 2.76. The first-order chi connectivity index (χ1) is 12.9. The van der Waals surface area contributed by atoms with Crippen LogP contribution >= 0.6 is 0 Å². The molecule has 0 unspecified atom stereocenters. The zero-order valence-corrected chi connectivity index (χ0v) is 15.8. The van der Waals surface area contributed by atoms with E-state index in [0.717, 1.165) is 10.9 Å². The van der Waals surface area contributed by atoms with Crippen molar-refractivity contribution in [3.63, 3.8) is 0 Å². The van der Waals surface area contributed by atoms with Crippen LogP contribution in [0.4, 0.5) is 5.82 Å². The largest absolute Gasteiger partial charge is 0.493 e. The number of sulfonamides is 1. The van der Waals surface area contributed by atoms with Crippen LogP contribution < -0.4 is 19.9 Å². The molecule has 1 aromatic heterocycles. The molecule has 0 fully saturated rings. The Labute approximate surface area is 157 Å². The van der Waals surface area contributed by atoms with Crippen molar-refractivity contribution in [1.29, 1.82) is 0 Å². The van der Waals surface area contributed by atoms with Crippen LogP contribution in [-0.2, 0) is 16.4 Å². The maximum atomic E-state index is 11.3. The van der Waals surface area contributed by atoms with Crippen molar-refractivity contribution >= 4 is 26.7 Å². The molecule has 3 N–H and O–H groups in total. The number of ether oxygens (including phenoxy) is 2. The summed E-state index contributed by atoms with van der Waals surface area (Å²) in [6, 6.07) is 10.2. The molecule has 0 saturated heterocycles. The van der Waals surface area contributed by atoms with Crippen LogP contribution in [0.2, 0.25) is 0 Å². The van der Waals surface area contributed by atoms with E-state index in [1.165, 1.54) is 18.5 Å². The lowest BCUT2D eigenvalue weighted by Gasteiger charge is -2.12. The molecule has 0 radical (unpaired) electrons. The average molecular weight is 388 g/mol. The monoisotopic (exact) mass is 388 g/mol. The average Bonchev–Trinajstić information content (AvgIpc) is 2.66. The highest BCUT2D eigenvalue weighted by Crippen LogP contribution is 2.35. The minimum atomic E-state index is -3.67. The standard InChI is InChI=1S/C18H20N4O4S/c1-25-15-8-7-14-16(17(15)26-2)21-11-22-18(14)20-10-9-12-3-5-13(6-4-12)27(19,23)24/h3-8,11H,9-10H2,1-2H3,(H2,19,23,24)(H,20,21,22). The summed E-state index contributed by atoms with van der Waals surface area (Å²) in [7, 11) is -0.533. The quantitative estimate of drug-likeness (QED) is 0.635. The summed E-state index contributed by atoms with van der Waals surface area (Å²) >= 11 is 0. The van der Waals surface area contributed by atoms with E-state index < -0.39 is 10.0 Å². The Morgan fingerprint density at radius 1 is 1.04 bits per heavy atom. The third kappa shape index (κ3) is 4.09. The molecular weight excluding hydrogens is 368 g/mol. The Balaban J connectivity index is 1.76. The molecule has 0 saturated carbocycles. The topological polar surface area (TPSA) is 116 Å². The molecule has 3 aromatic rings. The lowest BCUT2D eigenvalue weighted by Crippen LogP contribution is -2.12. The molecule has 142 valence electrons. The van der Waals surface area contributed by atoms with Crippen molar-refractivity contribution in [1.82, 2.24) is 9.97 Å². The van der Waals surface area contributed by atoms with Gasteiger partial charge in [0.2, 0.25) is 10.0 Å². The van der Waals surface area contributed by atoms with Crippen LogP contribution in [-0.4, -0.2) is 39.2 Å². The highest BCUT2D eigenvalue weighted by atomic mass is 32.2. The van der Waals surface area contributed by atoms with E-state index in [1.54, 1.807) is 26.4 Å². The molecule has 8 nitrogen and oxygen atoms in total. The Morgan fingerprint density at radius 2 is 1.78 bits per heavy atom. The van der Waals surface area contributed by atoms with Crippen molar-refractivity contribution < 1.29 is 17.9 Å². The Kier molecular flexibility index (Phi) is 5.43. The summed E-state index contributed by atoms with van der Waals surface area (Å²) < 4.78 is 33.3.